The highest BCUT2D eigenvalue weighted by molar-refractivity contribution is 5.47. The van der Waals surface area contributed by atoms with E-state index in [1.165, 1.54) is 16.7 Å². The van der Waals surface area contributed by atoms with Crippen molar-refractivity contribution < 1.29 is 9.47 Å². The third-order valence-electron chi connectivity index (χ3n) is 4.03. The third-order valence-corrected chi connectivity index (χ3v) is 4.03. The summed E-state index contributed by atoms with van der Waals surface area (Å²) >= 11 is 0. The van der Waals surface area contributed by atoms with Crippen molar-refractivity contribution in [2.75, 3.05) is 6.61 Å². The number of hydrogen-bond acceptors (Lipinski definition) is 2. The molecule has 2 aromatic carbocycles. The lowest BCUT2D eigenvalue weighted by molar-refractivity contribution is -0.0667. The van der Waals surface area contributed by atoms with Crippen LogP contribution < -0.4 is 0 Å². The van der Waals surface area contributed by atoms with Crippen LogP contribution in [0.25, 0.3) is 0 Å². The second kappa shape index (κ2) is 4.58. The second-order valence-electron chi connectivity index (χ2n) is 5.35. The van der Waals surface area contributed by atoms with E-state index in [4.69, 9.17) is 9.47 Å². The molecule has 0 saturated heterocycles. The second-order valence-corrected chi connectivity index (χ2v) is 5.35. The van der Waals surface area contributed by atoms with E-state index in [9.17, 15) is 0 Å². The van der Waals surface area contributed by atoms with Crippen molar-refractivity contribution >= 4 is 0 Å². The van der Waals surface area contributed by atoms with Gasteiger partial charge in [-0.3, -0.25) is 0 Å². The van der Waals surface area contributed by atoms with Crippen molar-refractivity contribution in [2.24, 2.45) is 0 Å². The molecule has 2 aromatic rings. The van der Waals surface area contributed by atoms with E-state index in [2.05, 4.69) is 48.6 Å². The fourth-order valence-corrected chi connectivity index (χ4v) is 3.05. The summed E-state index contributed by atoms with van der Waals surface area (Å²) in [5.41, 5.74) is 3.34. The average Bonchev–Trinajstić information content (AvgIpc) is 3.06. The molecule has 2 heteroatoms. The number of benzene rings is 2. The lowest BCUT2D eigenvalue weighted by Crippen LogP contribution is -2.27. The van der Waals surface area contributed by atoms with E-state index in [0.717, 1.165) is 0 Å². The molecular formula is C18H16O2. The molecule has 0 radical (unpaired) electrons. The summed E-state index contributed by atoms with van der Waals surface area (Å²) in [6, 6.07) is 18.7. The monoisotopic (exact) mass is 264 g/mol. The summed E-state index contributed by atoms with van der Waals surface area (Å²) in [5, 5.41) is 0. The van der Waals surface area contributed by atoms with Crippen molar-refractivity contribution in [1.82, 2.24) is 0 Å². The molecule has 2 atom stereocenters. The predicted molar refractivity (Wildman–Crippen MR) is 77.2 cm³/mol. The Morgan fingerprint density at radius 3 is 2.70 bits per heavy atom. The van der Waals surface area contributed by atoms with Gasteiger partial charge >= 0.3 is 0 Å². The molecule has 0 aromatic heterocycles. The van der Waals surface area contributed by atoms with Gasteiger partial charge in [-0.05, 0) is 22.8 Å². The average molecular weight is 264 g/mol. The van der Waals surface area contributed by atoms with Crippen LogP contribution in [0.3, 0.4) is 0 Å². The highest BCUT2D eigenvalue weighted by Crippen LogP contribution is 2.50. The van der Waals surface area contributed by atoms with Crippen molar-refractivity contribution in [3.63, 3.8) is 0 Å². The van der Waals surface area contributed by atoms with Crippen LogP contribution in [0.1, 0.15) is 22.8 Å². The minimum absolute atomic E-state index is 0.103. The lowest BCUT2D eigenvalue weighted by Gasteiger charge is -2.24. The van der Waals surface area contributed by atoms with Gasteiger partial charge in [0.15, 0.2) is 0 Å². The van der Waals surface area contributed by atoms with Gasteiger partial charge in [0.1, 0.15) is 11.7 Å². The van der Waals surface area contributed by atoms with Gasteiger partial charge in [0, 0.05) is 0 Å². The Kier molecular flexibility index (Phi) is 2.72. The molecule has 2 bridgehead atoms. The molecular weight excluding hydrogens is 248 g/mol. The largest absolute Gasteiger partial charge is 0.373 e. The molecule has 0 spiro atoms. The number of hydrogen-bond donors (Lipinski definition) is 0. The van der Waals surface area contributed by atoms with Crippen LogP contribution >= 0.6 is 0 Å². The van der Waals surface area contributed by atoms with E-state index in [1.54, 1.807) is 0 Å². The summed E-state index contributed by atoms with van der Waals surface area (Å²) in [6.07, 6.45) is 4.38. The van der Waals surface area contributed by atoms with E-state index in [1.807, 2.05) is 18.2 Å². The van der Waals surface area contributed by atoms with Gasteiger partial charge in [-0.2, -0.15) is 0 Å². The first kappa shape index (κ1) is 11.9. The maximum absolute atomic E-state index is 6.13. The van der Waals surface area contributed by atoms with Gasteiger partial charge in [0.25, 0.3) is 0 Å². The molecule has 0 saturated carbocycles. The Labute approximate surface area is 118 Å². The zero-order valence-electron chi connectivity index (χ0n) is 11.2. The van der Waals surface area contributed by atoms with E-state index in [-0.39, 0.29) is 11.7 Å². The van der Waals surface area contributed by atoms with E-state index in [0.29, 0.717) is 13.2 Å². The molecule has 2 aliphatic rings. The standard InChI is InChI=1S/C18H16O2/c1-2-6-14(7-3-1)12-19-13-18-11-10-17(20-18)15-8-4-5-9-16(15)18/h1-11,17H,12-13H2/t17-,18-/m0/s1. The fourth-order valence-electron chi connectivity index (χ4n) is 3.05. The zero-order chi connectivity index (χ0) is 13.4. The van der Waals surface area contributed by atoms with Crippen LogP contribution in [0.4, 0.5) is 0 Å². The Bertz CT molecular complexity index is 647. The topological polar surface area (TPSA) is 18.5 Å². The molecule has 20 heavy (non-hydrogen) atoms. The number of fused-ring (bicyclic) bond motifs is 5. The van der Waals surface area contributed by atoms with Gasteiger partial charge in [-0.1, -0.05) is 60.7 Å². The first-order valence-electron chi connectivity index (χ1n) is 6.96. The molecule has 4 rings (SSSR count). The summed E-state index contributed by atoms with van der Waals surface area (Å²) in [4.78, 5) is 0. The molecule has 2 nitrogen and oxygen atoms in total. The van der Waals surface area contributed by atoms with Gasteiger partial charge in [-0.25, -0.2) is 0 Å². The van der Waals surface area contributed by atoms with Crippen LogP contribution in [0.5, 0.6) is 0 Å². The van der Waals surface area contributed by atoms with Crippen LogP contribution in [-0.4, -0.2) is 6.61 Å². The van der Waals surface area contributed by atoms with Gasteiger partial charge < -0.3 is 9.47 Å². The van der Waals surface area contributed by atoms with E-state index >= 15 is 0 Å². The van der Waals surface area contributed by atoms with Crippen molar-refractivity contribution in [1.29, 1.82) is 0 Å². The Balaban J connectivity index is 1.51. The van der Waals surface area contributed by atoms with Gasteiger partial charge in [-0.15, -0.1) is 0 Å². The highest BCUT2D eigenvalue weighted by atomic mass is 16.6. The molecule has 0 aliphatic carbocycles. The van der Waals surface area contributed by atoms with Crippen LogP contribution in [0.15, 0.2) is 66.7 Å². The van der Waals surface area contributed by atoms with Crippen molar-refractivity contribution in [3.05, 3.63) is 83.4 Å². The minimum atomic E-state index is -0.379. The molecule has 100 valence electrons. The highest BCUT2D eigenvalue weighted by Gasteiger charge is 2.46. The molecule has 0 N–H and O–H groups in total. The minimum Gasteiger partial charge on any atom is -0.373 e. The first-order chi connectivity index (χ1) is 9.87. The number of ether oxygens (including phenoxy) is 2. The predicted octanol–water partition coefficient (Wildman–Crippen LogP) is 3.74. The number of rotatable bonds is 4. The third kappa shape index (κ3) is 1.80. The molecule has 2 aliphatic heterocycles. The molecule has 0 unspecified atom stereocenters. The maximum atomic E-state index is 6.13. The molecule has 0 amide bonds. The van der Waals surface area contributed by atoms with Gasteiger partial charge in [0.05, 0.1) is 13.2 Å². The molecule has 2 heterocycles. The zero-order valence-corrected chi connectivity index (χ0v) is 11.2. The van der Waals surface area contributed by atoms with Crippen LogP contribution in [0.2, 0.25) is 0 Å². The van der Waals surface area contributed by atoms with Crippen LogP contribution in [0, 0.1) is 0 Å². The maximum Gasteiger partial charge on any atom is 0.136 e. The quantitative estimate of drug-likeness (QED) is 0.783. The Hall–Kier alpha value is -1.90. The van der Waals surface area contributed by atoms with Crippen molar-refractivity contribution in [3.8, 4) is 0 Å². The smallest absolute Gasteiger partial charge is 0.136 e. The first-order valence-corrected chi connectivity index (χ1v) is 6.96. The SMILES string of the molecule is C1=C[C@@]2(COCc3ccccc3)O[C@@H]1c1ccccc12. The summed E-state index contributed by atoms with van der Waals surface area (Å²) < 4.78 is 12.0. The Morgan fingerprint density at radius 1 is 1.00 bits per heavy atom. The fraction of sp³-hybridized carbons (Fsp3) is 0.222. The van der Waals surface area contributed by atoms with E-state index < -0.39 is 0 Å². The molecule has 0 fully saturated rings. The summed E-state index contributed by atoms with van der Waals surface area (Å²) in [7, 11) is 0. The van der Waals surface area contributed by atoms with Gasteiger partial charge in [0.2, 0.25) is 0 Å². The lowest BCUT2D eigenvalue weighted by atomic mass is 9.88. The van der Waals surface area contributed by atoms with Crippen LogP contribution in [-0.2, 0) is 21.7 Å². The normalized spacial score (nSPS) is 25.9. The van der Waals surface area contributed by atoms with Crippen molar-refractivity contribution in [2.45, 2.75) is 18.3 Å². The summed E-state index contributed by atoms with van der Waals surface area (Å²) in [6.45, 7) is 1.18. The Morgan fingerprint density at radius 2 is 1.80 bits per heavy atom. The summed E-state index contributed by atoms with van der Waals surface area (Å²) in [5.74, 6) is 0.